The van der Waals surface area contributed by atoms with Gasteiger partial charge in [-0.05, 0) is 50.8 Å². The standard InChI is InChI=1S/C22H27N3O3/c1-16-9-12-20(17(2)13-16)25-21(26)14-23-28-15-22(27)24-18(3)10-11-19-7-5-4-6-8-19/h4-9,12-14,18H,10-11,15H2,1-3H3,(H,24,27)(H,25,26)/b23-14-/t18-/m1/s1. The van der Waals surface area contributed by atoms with Gasteiger partial charge < -0.3 is 15.5 Å². The predicted molar refractivity (Wildman–Crippen MR) is 111 cm³/mol. The van der Waals surface area contributed by atoms with Gasteiger partial charge in [-0.2, -0.15) is 0 Å². The van der Waals surface area contributed by atoms with Gasteiger partial charge in [0, 0.05) is 11.7 Å². The fraction of sp³-hybridized carbons (Fsp3) is 0.318. The van der Waals surface area contributed by atoms with Crippen LogP contribution < -0.4 is 10.6 Å². The van der Waals surface area contributed by atoms with Crippen LogP contribution in [0.1, 0.15) is 30.0 Å². The Bertz CT molecular complexity index is 819. The predicted octanol–water partition coefficient (Wildman–Crippen LogP) is 3.38. The van der Waals surface area contributed by atoms with Crippen molar-refractivity contribution in [2.24, 2.45) is 5.16 Å². The number of carbonyl (C=O) groups is 2. The van der Waals surface area contributed by atoms with Gasteiger partial charge in [0.25, 0.3) is 11.8 Å². The summed E-state index contributed by atoms with van der Waals surface area (Å²) in [6, 6.07) is 15.9. The van der Waals surface area contributed by atoms with Crippen LogP contribution in [0, 0.1) is 13.8 Å². The minimum Gasteiger partial charge on any atom is -0.386 e. The summed E-state index contributed by atoms with van der Waals surface area (Å²) in [5.74, 6) is -0.684. The Kier molecular flexibility index (Phi) is 8.21. The fourth-order valence-electron chi connectivity index (χ4n) is 2.72. The summed E-state index contributed by atoms with van der Waals surface area (Å²) >= 11 is 0. The van der Waals surface area contributed by atoms with Crippen LogP contribution in [0.2, 0.25) is 0 Å². The molecular formula is C22H27N3O3. The van der Waals surface area contributed by atoms with E-state index in [4.69, 9.17) is 4.84 Å². The first-order valence-electron chi connectivity index (χ1n) is 9.31. The summed E-state index contributed by atoms with van der Waals surface area (Å²) in [5, 5.41) is 9.13. The van der Waals surface area contributed by atoms with E-state index in [2.05, 4.69) is 27.9 Å². The number of nitrogens with one attached hydrogen (secondary N) is 2. The molecule has 1 atom stereocenters. The Morgan fingerprint density at radius 2 is 1.89 bits per heavy atom. The second-order valence-corrected chi connectivity index (χ2v) is 6.81. The summed E-state index contributed by atoms with van der Waals surface area (Å²) in [4.78, 5) is 28.6. The van der Waals surface area contributed by atoms with Crippen molar-refractivity contribution in [3.8, 4) is 0 Å². The molecule has 2 N–H and O–H groups in total. The van der Waals surface area contributed by atoms with E-state index in [1.807, 2.05) is 57.2 Å². The van der Waals surface area contributed by atoms with Gasteiger partial charge in [-0.15, -0.1) is 0 Å². The van der Waals surface area contributed by atoms with Crippen LogP contribution in [0.5, 0.6) is 0 Å². The van der Waals surface area contributed by atoms with Gasteiger partial charge in [0.1, 0.15) is 6.21 Å². The van der Waals surface area contributed by atoms with Gasteiger partial charge in [0.2, 0.25) is 0 Å². The lowest BCUT2D eigenvalue weighted by atomic mass is 10.1. The van der Waals surface area contributed by atoms with E-state index >= 15 is 0 Å². The lowest BCUT2D eigenvalue weighted by molar-refractivity contribution is -0.126. The Labute approximate surface area is 166 Å². The number of nitrogens with zero attached hydrogens (tertiary/aromatic N) is 1. The van der Waals surface area contributed by atoms with Crippen LogP contribution in [-0.2, 0) is 20.8 Å². The van der Waals surface area contributed by atoms with Crippen molar-refractivity contribution in [3.63, 3.8) is 0 Å². The first-order chi connectivity index (χ1) is 13.4. The molecule has 2 aromatic rings. The molecule has 0 spiro atoms. The molecule has 0 aromatic heterocycles. The molecule has 0 heterocycles. The van der Waals surface area contributed by atoms with E-state index < -0.39 is 5.91 Å². The van der Waals surface area contributed by atoms with Crippen LogP contribution in [-0.4, -0.2) is 30.7 Å². The molecule has 0 unspecified atom stereocenters. The highest BCUT2D eigenvalue weighted by atomic mass is 16.6. The van der Waals surface area contributed by atoms with Crippen LogP contribution in [0.15, 0.2) is 53.7 Å². The quantitative estimate of drug-likeness (QED) is 0.516. The average molecular weight is 381 g/mol. The normalized spacial score (nSPS) is 11.8. The van der Waals surface area contributed by atoms with Crippen molar-refractivity contribution in [2.45, 2.75) is 39.7 Å². The number of carbonyl (C=O) groups excluding carboxylic acids is 2. The maximum absolute atomic E-state index is 11.9. The minimum absolute atomic E-state index is 0.0214. The highest BCUT2D eigenvalue weighted by molar-refractivity contribution is 6.31. The molecule has 2 aromatic carbocycles. The monoisotopic (exact) mass is 381 g/mol. The van der Waals surface area contributed by atoms with Gasteiger partial charge >= 0.3 is 0 Å². The number of aryl methyl sites for hydroxylation is 3. The van der Waals surface area contributed by atoms with Crippen LogP contribution >= 0.6 is 0 Å². The number of amides is 2. The van der Waals surface area contributed by atoms with E-state index in [0.29, 0.717) is 5.69 Å². The van der Waals surface area contributed by atoms with E-state index in [-0.39, 0.29) is 18.6 Å². The van der Waals surface area contributed by atoms with Crippen molar-refractivity contribution in [1.29, 1.82) is 0 Å². The number of benzene rings is 2. The topological polar surface area (TPSA) is 79.8 Å². The average Bonchev–Trinajstić information content (AvgIpc) is 2.67. The van der Waals surface area contributed by atoms with Crippen molar-refractivity contribution in [1.82, 2.24) is 5.32 Å². The smallest absolute Gasteiger partial charge is 0.270 e. The molecule has 0 saturated heterocycles. The minimum atomic E-state index is -0.413. The first kappa shape index (κ1) is 21.2. The molecule has 0 aliphatic rings. The van der Waals surface area contributed by atoms with Gasteiger partial charge in [-0.1, -0.05) is 53.2 Å². The number of rotatable bonds is 9. The maximum Gasteiger partial charge on any atom is 0.270 e. The Balaban J connectivity index is 1.65. The van der Waals surface area contributed by atoms with E-state index in [0.717, 1.165) is 30.2 Å². The summed E-state index contributed by atoms with van der Waals surface area (Å²) in [6.07, 6.45) is 2.74. The lowest BCUT2D eigenvalue weighted by Crippen LogP contribution is -2.35. The van der Waals surface area contributed by atoms with E-state index in [1.54, 1.807) is 0 Å². The molecule has 6 heteroatoms. The van der Waals surface area contributed by atoms with Crippen molar-refractivity contribution in [3.05, 3.63) is 65.2 Å². The number of oxime groups is 1. The van der Waals surface area contributed by atoms with Gasteiger partial charge in [-0.3, -0.25) is 9.59 Å². The molecule has 2 amide bonds. The lowest BCUT2D eigenvalue weighted by Gasteiger charge is -2.13. The number of anilines is 1. The van der Waals surface area contributed by atoms with Crippen LogP contribution in [0.25, 0.3) is 0 Å². The molecule has 0 saturated carbocycles. The SMILES string of the molecule is Cc1ccc(NC(=O)/C=N\OCC(=O)N[C@H](C)CCc2ccccc2)c(C)c1. The molecule has 2 rings (SSSR count). The second-order valence-electron chi connectivity index (χ2n) is 6.81. The summed E-state index contributed by atoms with van der Waals surface area (Å²) in [5.41, 5.74) is 4.04. The van der Waals surface area contributed by atoms with Gasteiger partial charge in [-0.25, -0.2) is 0 Å². The maximum atomic E-state index is 11.9. The van der Waals surface area contributed by atoms with Crippen molar-refractivity contribution in [2.75, 3.05) is 11.9 Å². The Morgan fingerprint density at radius 3 is 2.61 bits per heavy atom. The molecular weight excluding hydrogens is 354 g/mol. The largest absolute Gasteiger partial charge is 0.386 e. The third-order valence-corrected chi connectivity index (χ3v) is 4.20. The first-order valence-corrected chi connectivity index (χ1v) is 9.31. The number of hydrogen-bond donors (Lipinski definition) is 2. The zero-order chi connectivity index (χ0) is 20.4. The Morgan fingerprint density at radius 1 is 1.14 bits per heavy atom. The summed E-state index contributed by atoms with van der Waals surface area (Å²) in [7, 11) is 0. The molecule has 0 radical (unpaired) electrons. The summed E-state index contributed by atoms with van der Waals surface area (Å²) < 4.78 is 0. The molecule has 0 aliphatic carbocycles. The molecule has 0 bridgehead atoms. The second kappa shape index (κ2) is 10.9. The highest BCUT2D eigenvalue weighted by Crippen LogP contribution is 2.15. The van der Waals surface area contributed by atoms with Crippen LogP contribution in [0.3, 0.4) is 0 Å². The molecule has 0 aliphatic heterocycles. The molecule has 148 valence electrons. The van der Waals surface area contributed by atoms with Gasteiger partial charge in [0.15, 0.2) is 6.61 Å². The third-order valence-electron chi connectivity index (χ3n) is 4.20. The highest BCUT2D eigenvalue weighted by Gasteiger charge is 2.08. The van der Waals surface area contributed by atoms with Crippen LogP contribution in [0.4, 0.5) is 5.69 Å². The molecule has 6 nitrogen and oxygen atoms in total. The molecule has 28 heavy (non-hydrogen) atoms. The van der Waals surface area contributed by atoms with Gasteiger partial charge in [0.05, 0.1) is 0 Å². The van der Waals surface area contributed by atoms with E-state index in [1.165, 1.54) is 5.56 Å². The zero-order valence-corrected chi connectivity index (χ0v) is 16.6. The zero-order valence-electron chi connectivity index (χ0n) is 16.6. The Hall–Kier alpha value is -3.15. The summed E-state index contributed by atoms with van der Waals surface area (Å²) in [6.45, 7) is 5.62. The van der Waals surface area contributed by atoms with Crippen molar-refractivity contribution < 1.29 is 14.4 Å². The van der Waals surface area contributed by atoms with Crippen molar-refractivity contribution >= 4 is 23.7 Å². The fourth-order valence-corrected chi connectivity index (χ4v) is 2.72. The number of hydrogen-bond acceptors (Lipinski definition) is 4. The van der Waals surface area contributed by atoms with E-state index in [9.17, 15) is 9.59 Å². The molecule has 0 fully saturated rings. The third kappa shape index (κ3) is 7.61.